The molecule has 0 spiro atoms. The third-order valence-electron chi connectivity index (χ3n) is 5.51. The topological polar surface area (TPSA) is 81.7 Å². The van der Waals surface area contributed by atoms with Crippen molar-refractivity contribution >= 4 is 29.3 Å². The normalized spacial score (nSPS) is 23.8. The highest BCUT2D eigenvalue weighted by Crippen LogP contribution is 2.45. The number of hydrogen-bond acceptors (Lipinski definition) is 6. The van der Waals surface area contributed by atoms with Crippen molar-refractivity contribution in [1.29, 1.82) is 0 Å². The zero-order valence-corrected chi connectivity index (χ0v) is 18.5. The summed E-state index contributed by atoms with van der Waals surface area (Å²) in [6.45, 7) is 7.19. The number of carbonyl (C=O) groups excluding carboxylic acids is 3. The molecule has 30 heavy (non-hydrogen) atoms. The summed E-state index contributed by atoms with van der Waals surface area (Å²) in [6.07, 6.45) is 0.179. The molecular weight excluding hydrogens is 406 g/mol. The number of benzene rings is 1. The van der Waals surface area contributed by atoms with E-state index in [9.17, 15) is 14.4 Å². The quantitative estimate of drug-likeness (QED) is 0.575. The largest absolute Gasteiger partial charge is 0.468 e. The van der Waals surface area contributed by atoms with E-state index in [0.717, 1.165) is 11.3 Å². The molecule has 3 atom stereocenters. The van der Waals surface area contributed by atoms with Gasteiger partial charge in [-0.05, 0) is 50.8 Å². The van der Waals surface area contributed by atoms with Gasteiger partial charge < -0.3 is 14.8 Å². The molecule has 3 rings (SSSR count). The summed E-state index contributed by atoms with van der Waals surface area (Å²) in [5.41, 5.74) is 2.86. The van der Waals surface area contributed by atoms with E-state index in [2.05, 4.69) is 5.32 Å². The molecule has 0 saturated carbocycles. The minimum absolute atomic E-state index is 0.223. The molecule has 0 radical (unpaired) electrons. The Morgan fingerprint density at radius 3 is 2.40 bits per heavy atom. The SMILES string of the molecule is COC(=O)[C@@H]1C(=O)C2=C(C[C@H]1C)NC(C)=C(C(=O)OC(C)C)[C@H]2c1ccc(Cl)cc1. The molecule has 1 aromatic carbocycles. The maximum absolute atomic E-state index is 13.5. The number of dihydropyridines is 1. The Balaban J connectivity index is 2.17. The van der Waals surface area contributed by atoms with E-state index < -0.39 is 23.8 Å². The number of ether oxygens (including phenoxy) is 2. The maximum Gasteiger partial charge on any atom is 0.337 e. The van der Waals surface area contributed by atoms with Gasteiger partial charge in [0.25, 0.3) is 0 Å². The molecule has 1 N–H and O–H groups in total. The van der Waals surface area contributed by atoms with E-state index in [-0.39, 0.29) is 17.8 Å². The van der Waals surface area contributed by atoms with Gasteiger partial charge >= 0.3 is 11.9 Å². The summed E-state index contributed by atoms with van der Waals surface area (Å²) in [4.78, 5) is 38.9. The second-order valence-corrected chi connectivity index (χ2v) is 8.48. The first-order valence-corrected chi connectivity index (χ1v) is 10.3. The summed E-state index contributed by atoms with van der Waals surface area (Å²) < 4.78 is 10.4. The predicted molar refractivity (Wildman–Crippen MR) is 113 cm³/mol. The summed E-state index contributed by atoms with van der Waals surface area (Å²) >= 11 is 6.06. The highest BCUT2D eigenvalue weighted by molar-refractivity contribution is 6.30. The Bertz CT molecular complexity index is 945. The zero-order valence-electron chi connectivity index (χ0n) is 17.7. The Labute approximate surface area is 181 Å². The van der Waals surface area contributed by atoms with Crippen LogP contribution in [-0.2, 0) is 23.9 Å². The lowest BCUT2D eigenvalue weighted by molar-refractivity contribution is -0.151. The summed E-state index contributed by atoms with van der Waals surface area (Å²) in [5, 5.41) is 3.78. The van der Waals surface area contributed by atoms with Crippen molar-refractivity contribution in [2.24, 2.45) is 11.8 Å². The number of esters is 2. The van der Waals surface area contributed by atoms with Gasteiger partial charge in [0.05, 0.1) is 18.8 Å². The minimum Gasteiger partial charge on any atom is -0.468 e. The van der Waals surface area contributed by atoms with Gasteiger partial charge in [0.1, 0.15) is 5.92 Å². The minimum atomic E-state index is -0.911. The Morgan fingerprint density at radius 2 is 1.83 bits per heavy atom. The van der Waals surface area contributed by atoms with Crippen LogP contribution in [0.3, 0.4) is 0 Å². The van der Waals surface area contributed by atoms with Gasteiger partial charge in [-0.15, -0.1) is 0 Å². The molecular formula is C23H26ClNO5. The highest BCUT2D eigenvalue weighted by Gasteiger charge is 2.47. The number of methoxy groups -OCH3 is 1. The first kappa shape index (κ1) is 22.1. The van der Waals surface area contributed by atoms with Gasteiger partial charge in [0.2, 0.25) is 0 Å². The second kappa shape index (κ2) is 8.64. The van der Waals surface area contributed by atoms with Gasteiger partial charge in [0, 0.05) is 27.9 Å². The Hall–Kier alpha value is -2.60. The van der Waals surface area contributed by atoms with E-state index >= 15 is 0 Å². The number of nitrogens with one attached hydrogen (secondary N) is 1. The van der Waals surface area contributed by atoms with Gasteiger partial charge in [-0.1, -0.05) is 30.7 Å². The molecule has 0 bridgehead atoms. The van der Waals surface area contributed by atoms with Crippen molar-refractivity contribution in [2.75, 3.05) is 7.11 Å². The van der Waals surface area contributed by atoms with Crippen LogP contribution < -0.4 is 5.32 Å². The number of allylic oxidation sites excluding steroid dienone is 3. The molecule has 1 aliphatic heterocycles. The summed E-state index contributed by atoms with van der Waals surface area (Å²) in [7, 11) is 1.28. The standard InChI is InChI=1S/C23H26ClNO5/c1-11(2)30-23(28)18-13(4)25-16-10-12(3)17(22(27)29-5)21(26)20(16)19(18)14-6-8-15(24)9-7-14/h6-9,11-12,17,19,25H,10H2,1-5H3/t12-,17+,19-/m1/s1. The maximum atomic E-state index is 13.5. The van der Waals surface area contributed by atoms with Crippen molar-refractivity contribution in [1.82, 2.24) is 5.32 Å². The lowest BCUT2D eigenvalue weighted by Crippen LogP contribution is -2.43. The van der Waals surface area contributed by atoms with E-state index in [1.807, 2.05) is 6.92 Å². The van der Waals surface area contributed by atoms with Crippen LogP contribution in [0, 0.1) is 11.8 Å². The van der Waals surface area contributed by atoms with Crippen molar-refractivity contribution in [3.8, 4) is 0 Å². The van der Waals surface area contributed by atoms with Crippen LogP contribution in [0.4, 0.5) is 0 Å². The molecule has 2 aliphatic rings. The number of Topliss-reactive ketones (excluding diaryl/α,β-unsaturated/α-hetero) is 1. The van der Waals surface area contributed by atoms with Gasteiger partial charge in [-0.2, -0.15) is 0 Å². The van der Waals surface area contributed by atoms with Crippen LogP contribution in [0.1, 0.15) is 45.6 Å². The molecule has 160 valence electrons. The van der Waals surface area contributed by atoms with Crippen LogP contribution >= 0.6 is 11.6 Å². The third-order valence-corrected chi connectivity index (χ3v) is 5.76. The molecule has 0 unspecified atom stereocenters. The van der Waals surface area contributed by atoms with E-state index in [4.69, 9.17) is 21.1 Å². The number of carbonyl (C=O) groups is 3. The zero-order chi connectivity index (χ0) is 22.2. The monoisotopic (exact) mass is 431 g/mol. The fourth-order valence-electron chi connectivity index (χ4n) is 4.22. The average molecular weight is 432 g/mol. The van der Waals surface area contributed by atoms with Crippen LogP contribution in [0.2, 0.25) is 5.02 Å². The fourth-order valence-corrected chi connectivity index (χ4v) is 4.34. The van der Waals surface area contributed by atoms with E-state index in [1.165, 1.54) is 7.11 Å². The average Bonchev–Trinajstić information content (AvgIpc) is 2.66. The van der Waals surface area contributed by atoms with Crippen LogP contribution in [0.5, 0.6) is 0 Å². The second-order valence-electron chi connectivity index (χ2n) is 8.04. The van der Waals surface area contributed by atoms with Crippen molar-refractivity contribution in [3.05, 3.63) is 57.4 Å². The van der Waals surface area contributed by atoms with E-state index in [1.54, 1.807) is 45.0 Å². The highest BCUT2D eigenvalue weighted by atomic mass is 35.5. The van der Waals surface area contributed by atoms with E-state index in [0.29, 0.717) is 28.3 Å². The molecule has 6 nitrogen and oxygen atoms in total. The first-order chi connectivity index (χ1) is 14.1. The summed E-state index contributed by atoms with van der Waals surface area (Å²) in [6, 6.07) is 7.01. The lowest BCUT2D eigenvalue weighted by atomic mass is 9.69. The van der Waals surface area contributed by atoms with Gasteiger partial charge in [0.15, 0.2) is 5.78 Å². The molecule has 0 amide bonds. The summed E-state index contributed by atoms with van der Waals surface area (Å²) in [5.74, 6) is -3.18. The molecule has 0 saturated heterocycles. The van der Waals surface area contributed by atoms with Gasteiger partial charge in [-0.3, -0.25) is 9.59 Å². The van der Waals surface area contributed by atoms with Crippen molar-refractivity contribution in [2.45, 2.75) is 46.1 Å². The predicted octanol–water partition coefficient (Wildman–Crippen LogP) is 3.90. The van der Waals surface area contributed by atoms with Crippen molar-refractivity contribution < 1.29 is 23.9 Å². The van der Waals surface area contributed by atoms with Crippen LogP contribution in [0.25, 0.3) is 0 Å². The molecule has 1 heterocycles. The molecule has 0 fully saturated rings. The first-order valence-electron chi connectivity index (χ1n) is 9.95. The van der Waals surface area contributed by atoms with Crippen molar-refractivity contribution in [3.63, 3.8) is 0 Å². The van der Waals surface area contributed by atoms with Gasteiger partial charge in [-0.25, -0.2) is 4.79 Å². The lowest BCUT2D eigenvalue weighted by Gasteiger charge is -2.38. The molecule has 0 aromatic heterocycles. The van der Waals surface area contributed by atoms with Crippen LogP contribution in [-0.4, -0.2) is 30.9 Å². The number of halogens is 1. The third kappa shape index (κ3) is 4.01. The number of hydrogen-bond donors (Lipinski definition) is 1. The number of ketones is 1. The smallest absolute Gasteiger partial charge is 0.337 e. The molecule has 1 aromatic rings. The Morgan fingerprint density at radius 1 is 1.20 bits per heavy atom. The van der Waals surface area contributed by atoms with Crippen LogP contribution in [0.15, 0.2) is 46.8 Å². The Kier molecular flexibility index (Phi) is 6.36. The molecule has 1 aliphatic carbocycles. The fraction of sp³-hybridized carbons (Fsp3) is 0.435. The number of rotatable bonds is 4. The molecule has 7 heteroatoms.